The Bertz CT molecular complexity index is 865. The fourth-order valence-corrected chi connectivity index (χ4v) is 2.66. The minimum Gasteiger partial charge on any atom is -0.497 e. The number of rotatable bonds is 9. The molecular formula is C23H28N2O5. The molecule has 2 rings (SSSR count). The first-order chi connectivity index (χ1) is 14.3. The molecule has 1 atom stereocenters. The van der Waals surface area contributed by atoms with Crippen molar-refractivity contribution < 1.29 is 23.9 Å². The number of hydrogen-bond donors (Lipinski definition) is 2. The smallest absolute Gasteiger partial charge is 0.408 e. The summed E-state index contributed by atoms with van der Waals surface area (Å²) in [5.74, 6) is -0.307. The van der Waals surface area contributed by atoms with Crippen LogP contribution in [-0.2, 0) is 16.1 Å². The molecule has 2 N–H and O–H groups in total. The Kier molecular flexibility index (Phi) is 7.98. The van der Waals surface area contributed by atoms with Gasteiger partial charge in [-0.1, -0.05) is 44.2 Å². The highest BCUT2D eigenvalue weighted by atomic mass is 16.5. The Hall–Kier alpha value is -3.35. The number of carbonyl (C=O) groups is 3. The largest absolute Gasteiger partial charge is 0.497 e. The molecule has 0 aliphatic heterocycles. The molecule has 0 saturated carbocycles. The molecule has 1 unspecified atom stereocenters. The molecule has 0 saturated heterocycles. The van der Waals surface area contributed by atoms with E-state index >= 15 is 0 Å². The van der Waals surface area contributed by atoms with E-state index in [1.165, 1.54) is 0 Å². The maximum Gasteiger partial charge on any atom is 0.408 e. The Labute approximate surface area is 176 Å². The van der Waals surface area contributed by atoms with Crippen molar-refractivity contribution in [3.05, 3.63) is 65.7 Å². The molecule has 0 heterocycles. The van der Waals surface area contributed by atoms with Crippen LogP contribution in [0.1, 0.15) is 36.7 Å². The highest BCUT2D eigenvalue weighted by Crippen LogP contribution is 2.18. The maximum absolute atomic E-state index is 12.8. The van der Waals surface area contributed by atoms with Crippen LogP contribution >= 0.6 is 0 Å². The number of amides is 2. The second-order valence-corrected chi connectivity index (χ2v) is 7.38. The van der Waals surface area contributed by atoms with E-state index in [0.717, 1.165) is 5.56 Å². The van der Waals surface area contributed by atoms with Gasteiger partial charge >= 0.3 is 6.09 Å². The number of benzene rings is 2. The van der Waals surface area contributed by atoms with E-state index in [0.29, 0.717) is 11.3 Å². The van der Waals surface area contributed by atoms with Crippen LogP contribution in [-0.4, -0.2) is 37.0 Å². The molecule has 0 aromatic heterocycles. The van der Waals surface area contributed by atoms with Crippen molar-refractivity contribution in [1.82, 2.24) is 10.6 Å². The van der Waals surface area contributed by atoms with Gasteiger partial charge in [-0.2, -0.15) is 0 Å². The second-order valence-electron chi connectivity index (χ2n) is 7.38. The van der Waals surface area contributed by atoms with Gasteiger partial charge in [-0.05, 0) is 42.7 Å². The summed E-state index contributed by atoms with van der Waals surface area (Å²) in [5, 5.41) is 5.26. The van der Waals surface area contributed by atoms with Crippen LogP contribution in [0, 0.1) is 5.92 Å². The Morgan fingerprint density at radius 3 is 2.20 bits per heavy atom. The van der Waals surface area contributed by atoms with Gasteiger partial charge in [0.05, 0.1) is 13.7 Å². The van der Waals surface area contributed by atoms with Crippen LogP contribution in [0.25, 0.3) is 0 Å². The topological polar surface area (TPSA) is 93.7 Å². The molecule has 160 valence electrons. The van der Waals surface area contributed by atoms with Crippen LogP contribution in [0.5, 0.6) is 5.75 Å². The minimum atomic E-state index is -1.24. The Morgan fingerprint density at radius 2 is 1.63 bits per heavy atom. The number of methoxy groups -OCH3 is 1. The molecule has 0 bridgehead atoms. The van der Waals surface area contributed by atoms with E-state index < -0.39 is 17.5 Å². The van der Waals surface area contributed by atoms with Crippen LogP contribution in [0.15, 0.2) is 54.6 Å². The van der Waals surface area contributed by atoms with Crippen molar-refractivity contribution in [2.24, 2.45) is 5.92 Å². The quantitative estimate of drug-likeness (QED) is 0.616. The van der Waals surface area contributed by atoms with Gasteiger partial charge in [-0.15, -0.1) is 0 Å². The predicted molar refractivity (Wildman–Crippen MR) is 113 cm³/mol. The summed E-state index contributed by atoms with van der Waals surface area (Å²) >= 11 is 0. The summed E-state index contributed by atoms with van der Waals surface area (Å²) < 4.78 is 10.3. The lowest BCUT2D eigenvalue weighted by molar-refractivity contribution is -0.128. The molecule has 7 nitrogen and oxygen atoms in total. The third-order valence-electron chi connectivity index (χ3n) is 5.02. The fourth-order valence-electron chi connectivity index (χ4n) is 2.66. The van der Waals surface area contributed by atoms with E-state index in [4.69, 9.17) is 9.47 Å². The van der Waals surface area contributed by atoms with E-state index in [-0.39, 0.29) is 24.9 Å². The van der Waals surface area contributed by atoms with Crippen molar-refractivity contribution in [3.63, 3.8) is 0 Å². The van der Waals surface area contributed by atoms with Crippen molar-refractivity contribution >= 4 is 17.8 Å². The van der Waals surface area contributed by atoms with E-state index in [2.05, 4.69) is 10.6 Å². The molecule has 2 aromatic rings. The van der Waals surface area contributed by atoms with Crippen LogP contribution in [0.4, 0.5) is 4.79 Å². The first-order valence-corrected chi connectivity index (χ1v) is 9.70. The van der Waals surface area contributed by atoms with Gasteiger partial charge in [0.1, 0.15) is 17.9 Å². The maximum atomic E-state index is 12.8. The van der Waals surface area contributed by atoms with Crippen molar-refractivity contribution in [1.29, 1.82) is 0 Å². The highest BCUT2D eigenvalue weighted by molar-refractivity contribution is 6.00. The van der Waals surface area contributed by atoms with Gasteiger partial charge in [-0.3, -0.25) is 9.59 Å². The average Bonchev–Trinajstić information content (AvgIpc) is 2.76. The first kappa shape index (κ1) is 22.9. The molecule has 0 aliphatic carbocycles. The van der Waals surface area contributed by atoms with Gasteiger partial charge in [0.15, 0.2) is 5.78 Å². The Balaban J connectivity index is 1.94. The monoisotopic (exact) mass is 412 g/mol. The highest BCUT2D eigenvalue weighted by Gasteiger charge is 2.38. The number of nitrogens with one attached hydrogen (secondary N) is 2. The van der Waals surface area contributed by atoms with Gasteiger partial charge in [0, 0.05) is 5.56 Å². The number of carbonyl (C=O) groups excluding carboxylic acids is 3. The molecule has 0 aliphatic rings. The number of ether oxygens (including phenoxy) is 2. The zero-order valence-corrected chi connectivity index (χ0v) is 17.7. The van der Waals surface area contributed by atoms with E-state index in [1.54, 1.807) is 38.3 Å². The zero-order valence-electron chi connectivity index (χ0n) is 17.7. The van der Waals surface area contributed by atoms with Crippen molar-refractivity contribution in [2.45, 2.75) is 32.9 Å². The summed E-state index contributed by atoms with van der Waals surface area (Å²) in [6, 6.07) is 15.9. The third kappa shape index (κ3) is 6.07. The first-order valence-electron chi connectivity index (χ1n) is 9.70. The lowest BCUT2D eigenvalue weighted by Crippen LogP contribution is -2.60. The summed E-state index contributed by atoms with van der Waals surface area (Å²) in [4.78, 5) is 37.4. The van der Waals surface area contributed by atoms with Crippen molar-refractivity contribution in [3.8, 4) is 5.75 Å². The molecule has 7 heteroatoms. The average molecular weight is 412 g/mol. The van der Waals surface area contributed by atoms with E-state index in [1.807, 2.05) is 44.2 Å². The molecular weight excluding hydrogens is 384 g/mol. The standard InChI is InChI=1S/C23H28N2O5/c1-16(2)23(3,25-22(28)30-15-17-8-6-5-7-9-17)21(27)24-14-20(26)18-10-12-19(29-4)13-11-18/h5-13,16H,14-15H2,1-4H3,(H,24,27)(H,25,28). The molecule has 30 heavy (non-hydrogen) atoms. The SMILES string of the molecule is COc1ccc(C(=O)CNC(=O)C(C)(NC(=O)OCc2ccccc2)C(C)C)cc1. The number of Topliss-reactive ketones (excluding diaryl/α,β-unsaturated/α-hetero) is 1. The second kappa shape index (κ2) is 10.4. The predicted octanol–water partition coefficient (Wildman–Crippen LogP) is 3.34. The third-order valence-corrected chi connectivity index (χ3v) is 5.02. The van der Waals surface area contributed by atoms with Crippen LogP contribution < -0.4 is 15.4 Å². The molecule has 2 amide bonds. The lowest BCUT2D eigenvalue weighted by atomic mass is 9.87. The van der Waals surface area contributed by atoms with Gasteiger partial charge in [0.25, 0.3) is 0 Å². The van der Waals surface area contributed by atoms with Gasteiger partial charge in [-0.25, -0.2) is 4.79 Å². The number of hydrogen-bond acceptors (Lipinski definition) is 5. The van der Waals surface area contributed by atoms with Gasteiger partial charge in [0.2, 0.25) is 5.91 Å². The number of ketones is 1. The van der Waals surface area contributed by atoms with Crippen molar-refractivity contribution in [2.75, 3.05) is 13.7 Å². The summed E-state index contributed by atoms with van der Waals surface area (Å²) in [5.41, 5.74) is 0.0551. The fraction of sp³-hybridized carbons (Fsp3) is 0.348. The van der Waals surface area contributed by atoms with Crippen LogP contribution in [0.2, 0.25) is 0 Å². The zero-order chi connectivity index (χ0) is 22.1. The molecule has 0 spiro atoms. The Morgan fingerprint density at radius 1 is 1.00 bits per heavy atom. The molecule has 0 fully saturated rings. The minimum absolute atomic E-state index is 0.0957. The summed E-state index contributed by atoms with van der Waals surface area (Å²) in [6.45, 7) is 5.13. The van der Waals surface area contributed by atoms with Gasteiger partial charge < -0.3 is 20.1 Å². The molecule has 2 aromatic carbocycles. The lowest BCUT2D eigenvalue weighted by Gasteiger charge is -2.32. The normalized spacial score (nSPS) is 12.6. The summed E-state index contributed by atoms with van der Waals surface area (Å²) in [6.07, 6.45) is -0.702. The van der Waals surface area contributed by atoms with Crippen LogP contribution in [0.3, 0.4) is 0 Å². The number of alkyl carbamates (subject to hydrolysis) is 1. The summed E-state index contributed by atoms with van der Waals surface area (Å²) in [7, 11) is 1.54. The molecule has 0 radical (unpaired) electrons. The van der Waals surface area contributed by atoms with E-state index in [9.17, 15) is 14.4 Å².